The fraction of sp³-hybridized carbons (Fsp3) is 0.143. The van der Waals surface area contributed by atoms with Crippen LogP contribution in [0.15, 0.2) is 41.0 Å². The summed E-state index contributed by atoms with van der Waals surface area (Å²) in [4.78, 5) is 15.7. The van der Waals surface area contributed by atoms with Crippen molar-refractivity contribution in [3.63, 3.8) is 0 Å². The minimum Gasteiger partial charge on any atom is -0.376 e. The van der Waals surface area contributed by atoms with Crippen molar-refractivity contribution in [2.75, 3.05) is 17.2 Å². The van der Waals surface area contributed by atoms with E-state index in [-0.39, 0.29) is 12.5 Å². The average Bonchev–Trinajstić information content (AvgIpc) is 2.41. The fourth-order valence-electron chi connectivity index (χ4n) is 1.62. The van der Waals surface area contributed by atoms with Gasteiger partial charge in [-0.25, -0.2) is 4.98 Å². The van der Waals surface area contributed by atoms with E-state index < -0.39 is 0 Å². The summed E-state index contributed by atoms with van der Waals surface area (Å²) in [5.41, 5.74) is 2.59. The number of hydrogen-bond acceptors (Lipinski definition) is 3. The second-order valence-corrected chi connectivity index (χ2v) is 5.47. The Kier molecular flexibility index (Phi) is 4.98. The molecule has 0 aliphatic heterocycles. The van der Waals surface area contributed by atoms with Gasteiger partial charge in [0.1, 0.15) is 5.15 Å². The molecule has 2 rings (SSSR count). The molecule has 0 unspecified atom stereocenters. The summed E-state index contributed by atoms with van der Waals surface area (Å²) in [5, 5.41) is 6.20. The maximum Gasteiger partial charge on any atom is 0.243 e. The third-order valence-electron chi connectivity index (χ3n) is 2.62. The summed E-state index contributed by atoms with van der Waals surface area (Å²) in [6.45, 7) is 2.13. The van der Waals surface area contributed by atoms with Crippen LogP contribution in [0.4, 0.5) is 11.4 Å². The lowest BCUT2D eigenvalue weighted by atomic mass is 10.2. The molecule has 4 nitrogen and oxygen atoms in total. The van der Waals surface area contributed by atoms with Crippen molar-refractivity contribution in [2.45, 2.75) is 6.92 Å². The van der Waals surface area contributed by atoms with Crippen molar-refractivity contribution in [1.82, 2.24) is 4.98 Å². The summed E-state index contributed by atoms with van der Waals surface area (Å²) >= 11 is 9.19. The highest BCUT2D eigenvalue weighted by atomic mass is 79.9. The van der Waals surface area contributed by atoms with Crippen molar-refractivity contribution >= 4 is 44.8 Å². The lowest BCUT2D eigenvalue weighted by molar-refractivity contribution is -0.114. The number of carbonyl (C=O) groups is 1. The first-order valence-electron chi connectivity index (χ1n) is 5.96. The van der Waals surface area contributed by atoms with E-state index >= 15 is 0 Å². The van der Waals surface area contributed by atoms with E-state index in [0.29, 0.717) is 5.15 Å². The van der Waals surface area contributed by atoms with Gasteiger partial charge >= 0.3 is 0 Å². The molecule has 104 valence electrons. The Morgan fingerprint density at radius 1 is 1.30 bits per heavy atom. The molecule has 0 saturated carbocycles. The predicted octanol–water partition coefficient (Wildman–Crippen LogP) is 3.86. The molecule has 6 heteroatoms. The molecule has 0 saturated heterocycles. The Morgan fingerprint density at radius 2 is 2.10 bits per heavy atom. The van der Waals surface area contributed by atoms with E-state index in [2.05, 4.69) is 31.5 Å². The molecule has 20 heavy (non-hydrogen) atoms. The lowest BCUT2D eigenvalue weighted by Gasteiger charge is -2.09. The zero-order valence-corrected chi connectivity index (χ0v) is 13.1. The summed E-state index contributed by atoms with van der Waals surface area (Å²) in [6, 6.07) is 9.08. The van der Waals surface area contributed by atoms with Crippen molar-refractivity contribution in [3.05, 3.63) is 51.7 Å². The standard InChI is InChI=1S/C14H13BrClN3O/c1-9-6-11(2-3-12(9)15)19-14(20)8-18-10-4-5-17-13(16)7-10/h2-7H,8H2,1H3,(H,17,18)(H,19,20). The predicted molar refractivity (Wildman–Crippen MR) is 85.2 cm³/mol. The number of hydrogen-bond donors (Lipinski definition) is 2. The van der Waals surface area contributed by atoms with Crippen LogP contribution in [0, 0.1) is 6.92 Å². The highest BCUT2D eigenvalue weighted by molar-refractivity contribution is 9.10. The third-order valence-corrected chi connectivity index (χ3v) is 3.72. The molecule has 1 aromatic carbocycles. The molecule has 0 aliphatic carbocycles. The van der Waals surface area contributed by atoms with Crippen LogP contribution in [-0.4, -0.2) is 17.4 Å². The normalized spacial score (nSPS) is 10.2. The molecule has 0 bridgehead atoms. The van der Waals surface area contributed by atoms with Gasteiger partial charge in [-0.15, -0.1) is 0 Å². The van der Waals surface area contributed by atoms with Crippen LogP contribution < -0.4 is 10.6 Å². The van der Waals surface area contributed by atoms with Gasteiger partial charge in [0.05, 0.1) is 6.54 Å². The molecule has 1 amide bonds. The summed E-state index contributed by atoms with van der Waals surface area (Å²) in [7, 11) is 0. The minimum atomic E-state index is -0.125. The monoisotopic (exact) mass is 353 g/mol. The van der Waals surface area contributed by atoms with Crippen LogP contribution in [0.3, 0.4) is 0 Å². The number of nitrogens with one attached hydrogen (secondary N) is 2. The second kappa shape index (κ2) is 6.72. The largest absolute Gasteiger partial charge is 0.376 e. The van der Waals surface area contributed by atoms with Gasteiger partial charge in [-0.3, -0.25) is 4.79 Å². The van der Waals surface area contributed by atoms with Crippen molar-refractivity contribution < 1.29 is 4.79 Å². The number of aromatic nitrogens is 1. The maximum absolute atomic E-state index is 11.8. The average molecular weight is 355 g/mol. The van der Waals surface area contributed by atoms with E-state index in [1.165, 1.54) is 0 Å². The molecular formula is C14H13BrClN3O. The molecule has 2 N–H and O–H groups in total. The van der Waals surface area contributed by atoms with Gasteiger partial charge in [0.2, 0.25) is 5.91 Å². The Labute approximate surface area is 130 Å². The van der Waals surface area contributed by atoms with Crippen molar-refractivity contribution in [1.29, 1.82) is 0 Å². The molecular weight excluding hydrogens is 342 g/mol. The highest BCUT2D eigenvalue weighted by Crippen LogP contribution is 2.20. The Balaban J connectivity index is 1.91. The quantitative estimate of drug-likeness (QED) is 0.820. The topological polar surface area (TPSA) is 54.0 Å². The fourth-order valence-corrected chi connectivity index (χ4v) is 2.04. The van der Waals surface area contributed by atoms with Gasteiger partial charge in [0, 0.05) is 22.0 Å². The van der Waals surface area contributed by atoms with E-state index in [1.807, 2.05) is 25.1 Å². The number of amides is 1. The zero-order valence-electron chi connectivity index (χ0n) is 10.8. The lowest BCUT2D eigenvalue weighted by Crippen LogP contribution is -2.21. The van der Waals surface area contributed by atoms with Gasteiger partial charge in [0.15, 0.2) is 0 Å². The van der Waals surface area contributed by atoms with Crippen LogP contribution in [0.2, 0.25) is 5.15 Å². The van der Waals surface area contributed by atoms with Gasteiger partial charge in [0.25, 0.3) is 0 Å². The Bertz CT molecular complexity index is 634. The number of benzene rings is 1. The van der Waals surface area contributed by atoms with Crippen LogP contribution in [0.1, 0.15) is 5.56 Å². The maximum atomic E-state index is 11.8. The van der Waals surface area contributed by atoms with Gasteiger partial charge in [-0.1, -0.05) is 27.5 Å². The molecule has 1 heterocycles. The second-order valence-electron chi connectivity index (χ2n) is 4.23. The number of halogens is 2. The first-order chi connectivity index (χ1) is 9.54. The zero-order chi connectivity index (χ0) is 14.5. The van der Waals surface area contributed by atoms with Gasteiger partial charge in [-0.05, 0) is 42.8 Å². The molecule has 0 fully saturated rings. The van der Waals surface area contributed by atoms with Crippen LogP contribution in [-0.2, 0) is 4.79 Å². The first kappa shape index (κ1) is 14.8. The summed E-state index contributed by atoms with van der Waals surface area (Å²) in [5.74, 6) is -0.125. The molecule has 2 aromatic rings. The van der Waals surface area contributed by atoms with Crippen molar-refractivity contribution in [3.8, 4) is 0 Å². The number of carbonyl (C=O) groups excluding carboxylic acids is 1. The molecule has 0 atom stereocenters. The van der Waals surface area contributed by atoms with E-state index in [1.54, 1.807) is 18.3 Å². The number of aryl methyl sites for hydroxylation is 1. The van der Waals surface area contributed by atoms with Crippen LogP contribution in [0.25, 0.3) is 0 Å². The van der Waals surface area contributed by atoms with Gasteiger partial charge in [-0.2, -0.15) is 0 Å². The van der Waals surface area contributed by atoms with Crippen LogP contribution >= 0.6 is 27.5 Å². The molecule has 0 radical (unpaired) electrons. The van der Waals surface area contributed by atoms with E-state index in [0.717, 1.165) is 21.4 Å². The smallest absolute Gasteiger partial charge is 0.243 e. The molecule has 1 aromatic heterocycles. The number of pyridine rings is 1. The Morgan fingerprint density at radius 3 is 2.80 bits per heavy atom. The van der Waals surface area contributed by atoms with E-state index in [4.69, 9.17) is 11.6 Å². The Hall–Kier alpha value is -1.59. The third kappa shape index (κ3) is 4.21. The van der Waals surface area contributed by atoms with Gasteiger partial charge < -0.3 is 10.6 Å². The SMILES string of the molecule is Cc1cc(NC(=O)CNc2ccnc(Cl)c2)ccc1Br. The van der Waals surface area contributed by atoms with Crippen LogP contribution in [0.5, 0.6) is 0 Å². The highest BCUT2D eigenvalue weighted by Gasteiger charge is 2.04. The van der Waals surface area contributed by atoms with E-state index in [9.17, 15) is 4.79 Å². The molecule has 0 aliphatic rings. The number of anilines is 2. The number of nitrogens with zero attached hydrogens (tertiary/aromatic N) is 1. The minimum absolute atomic E-state index is 0.125. The summed E-state index contributed by atoms with van der Waals surface area (Å²) in [6.07, 6.45) is 1.58. The number of rotatable bonds is 4. The molecule has 0 spiro atoms. The van der Waals surface area contributed by atoms with Crippen molar-refractivity contribution in [2.24, 2.45) is 0 Å². The summed E-state index contributed by atoms with van der Waals surface area (Å²) < 4.78 is 1.01. The first-order valence-corrected chi connectivity index (χ1v) is 7.13.